The summed E-state index contributed by atoms with van der Waals surface area (Å²) in [7, 11) is 0. The van der Waals surface area contributed by atoms with Crippen LogP contribution in [0.5, 0.6) is 0 Å². The van der Waals surface area contributed by atoms with E-state index in [0.29, 0.717) is 11.4 Å². The molecule has 0 aliphatic carbocycles. The van der Waals surface area contributed by atoms with Crippen molar-refractivity contribution in [2.24, 2.45) is 0 Å². The summed E-state index contributed by atoms with van der Waals surface area (Å²) in [6, 6.07) is 7.35. The molecule has 1 unspecified atom stereocenters. The van der Waals surface area contributed by atoms with E-state index in [2.05, 4.69) is 0 Å². The van der Waals surface area contributed by atoms with Crippen molar-refractivity contribution in [1.82, 2.24) is 5.48 Å². The molecule has 4 heteroatoms. The molecule has 0 fully saturated rings. The van der Waals surface area contributed by atoms with Crippen molar-refractivity contribution in [1.29, 1.82) is 0 Å². The smallest absolute Gasteiger partial charge is 0.110 e. The molecule has 0 heterocycles. The topological polar surface area (TPSA) is 32.3 Å². The summed E-state index contributed by atoms with van der Waals surface area (Å²) in [5.74, 6) is 0. The standard InChI is InChI=1S/C8H9Cl2NO/c9-7-3-1-2-6(4-7)5-8(10)11-12/h1-4,8,11-12H,5H2. The van der Waals surface area contributed by atoms with Crippen molar-refractivity contribution in [2.45, 2.75) is 11.9 Å². The van der Waals surface area contributed by atoms with E-state index in [-0.39, 0.29) is 0 Å². The van der Waals surface area contributed by atoms with E-state index < -0.39 is 5.50 Å². The summed E-state index contributed by atoms with van der Waals surface area (Å²) < 4.78 is 0. The first-order chi connectivity index (χ1) is 5.72. The molecule has 66 valence electrons. The molecular formula is C8H9Cl2NO. The Kier molecular flexibility index (Phi) is 3.82. The molecule has 0 saturated heterocycles. The van der Waals surface area contributed by atoms with Crippen LogP contribution in [-0.2, 0) is 6.42 Å². The summed E-state index contributed by atoms with van der Waals surface area (Å²) >= 11 is 11.4. The van der Waals surface area contributed by atoms with Crippen LogP contribution in [0.4, 0.5) is 0 Å². The molecule has 1 aromatic rings. The van der Waals surface area contributed by atoms with Crippen molar-refractivity contribution in [3.05, 3.63) is 34.9 Å². The van der Waals surface area contributed by atoms with Gasteiger partial charge < -0.3 is 5.21 Å². The monoisotopic (exact) mass is 205 g/mol. The van der Waals surface area contributed by atoms with Gasteiger partial charge in [0.25, 0.3) is 0 Å². The summed E-state index contributed by atoms with van der Waals surface area (Å²) in [4.78, 5) is 0. The number of hydroxylamine groups is 1. The van der Waals surface area contributed by atoms with Crippen molar-refractivity contribution in [3.63, 3.8) is 0 Å². The molecule has 0 aromatic heterocycles. The predicted molar refractivity (Wildman–Crippen MR) is 49.7 cm³/mol. The van der Waals surface area contributed by atoms with Gasteiger partial charge in [0.2, 0.25) is 0 Å². The molecule has 1 atom stereocenters. The number of alkyl halides is 1. The third-order valence-corrected chi connectivity index (χ3v) is 1.93. The number of benzene rings is 1. The fourth-order valence-corrected chi connectivity index (χ4v) is 1.31. The maximum absolute atomic E-state index is 8.45. The highest BCUT2D eigenvalue weighted by atomic mass is 35.5. The number of halogens is 2. The minimum Gasteiger partial charge on any atom is -0.315 e. The van der Waals surface area contributed by atoms with E-state index in [4.69, 9.17) is 28.4 Å². The van der Waals surface area contributed by atoms with Gasteiger partial charge in [-0.2, -0.15) is 5.48 Å². The molecule has 0 aliphatic rings. The Hall–Kier alpha value is -0.280. The van der Waals surface area contributed by atoms with E-state index >= 15 is 0 Å². The van der Waals surface area contributed by atoms with Gasteiger partial charge in [0.15, 0.2) is 0 Å². The second kappa shape index (κ2) is 4.67. The lowest BCUT2D eigenvalue weighted by Gasteiger charge is -2.06. The molecule has 1 aromatic carbocycles. The van der Waals surface area contributed by atoms with Gasteiger partial charge >= 0.3 is 0 Å². The molecule has 1 rings (SSSR count). The van der Waals surface area contributed by atoms with Gasteiger partial charge in [0.05, 0.1) is 0 Å². The molecule has 0 bridgehead atoms. The zero-order valence-electron chi connectivity index (χ0n) is 6.30. The normalized spacial score (nSPS) is 12.9. The maximum atomic E-state index is 8.45. The van der Waals surface area contributed by atoms with Gasteiger partial charge in [-0.1, -0.05) is 23.7 Å². The Morgan fingerprint density at radius 3 is 2.83 bits per heavy atom. The molecule has 0 aliphatic heterocycles. The number of rotatable bonds is 3. The lowest BCUT2D eigenvalue weighted by Crippen LogP contribution is -2.21. The van der Waals surface area contributed by atoms with Crippen molar-refractivity contribution >= 4 is 23.2 Å². The van der Waals surface area contributed by atoms with E-state index in [0.717, 1.165) is 5.56 Å². The van der Waals surface area contributed by atoms with Crippen molar-refractivity contribution < 1.29 is 5.21 Å². The molecule has 2 N–H and O–H groups in total. The predicted octanol–water partition coefficient (Wildman–Crippen LogP) is 2.43. The largest absolute Gasteiger partial charge is 0.315 e. The minimum absolute atomic E-state index is 0.469. The van der Waals surface area contributed by atoms with Gasteiger partial charge in [0, 0.05) is 11.4 Å². The van der Waals surface area contributed by atoms with Gasteiger partial charge in [0.1, 0.15) is 5.50 Å². The fourth-order valence-electron chi connectivity index (χ4n) is 0.917. The Morgan fingerprint density at radius 1 is 1.50 bits per heavy atom. The molecule has 0 saturated carbocycles. The zero-order valence-corrected chi connectivity index (χ0v) is 7.81. The minimum atomic E-state index is -0.469. The first-order valence-corrected chi connectivity index (χ1v) is 4.32. The second-order valence-electron chi connectivity index (χ2n) is 2.43. The van der Waals surface area contributed by atoms with Gasteiger partial charge in [-0.15, -0.1) is 11.6 Å². The van der Waals surface area contributed by atoms with Crippen LogP contribution in [-0.4, -0.2) is 10.7 Å². The van der Waals surface area contributed by atoms with Crippen molar-refractivity contribution in [2.75, 3.05) is 0 Å². The van der Waals surface area contributed by atoms with Crippen LogP contribution in [0.25, 0.3) is 0 Å². The van der Waals surface area contributed by atoms with Crippen LogP contribution in [0.1, 0.15) is 5.56 Å². The Balaban J connectivity index is 2.63. The third kappa shape index (κ3) is 2.99. The average molecular weight is 206 g/mol. The van der Waals surface area contributed by atoms with Crippen LogP contribution in [0.15, 0.2) is 24.3 Å². The van der Waals surface area contributed by atoms with Crippen LogP contribution in [0.2, 0.25) is 5.02 Å². The van der Waals surface area contributed by atoms with Crippen LogP contribution >= 0.6 is 23.2 Å². The zero-order chi connectivity index (χ0) is 8.97. The number of hydrogen-bond donors (Lipinski definition) is 2. The lowest BCUT2D eigenvalue weighted by molar-refractivity contribution is 0.154. The van der Waals surface area contributed by atoms with Crippen LogP contribution < -0.4 is 5.48 Å². The molecule has 12 heavy (non-hydrogen) atoms. The highest BCUT2D eigenvalue weighted by Crippen LogP contribution is 2.12. The Labute approximate surface area is 81.1 Å². The third-order valence-electron chi connectivity index (χ3n) is 1.44. The van der Waals surface area contributed by atoms with Crippen LogP contribution in [0, 0.1) is 0 Å². The molecule has 0 radical (unpaired) electrons. The van der Waals surface area contributed by atoms with Gasteiger partial charge in [-0.25, -0.2) is 0 Å². The first kappa shape index (κ1) is 9.81. The molecular weight excluding hydrogens is 197 g/mol. The second-order valence-corrected chi connectivity index (χ2v) is 3.39. The van der Waals surface area contributed by atoms with Gasteiger partial charge in [-0.3, -0.25) is 0 Å². The summed E-state index contributed by atoms with van der Waals surface area (Å²) in [6.07, 6.45) is 0.540. The SMILES string of the molecule is ONC(Cl)Cc1cccc(Cl)c1. The lowest BCUT2D eigenvalue weighted by atomic mass is 10.1. The fraction of sp³-hybridized carbons (Fsp3) is 0.250. The quantitative estimate of drug-likeness (QED) is 0.452. The Morgan fingerprint density at radius 2 is 2.25 bits per heavy atom. The molecule has 0 amide bonds. The highest BCUT2D eigenvalue weighted by Gasteiger charge is 2.03. The molecule has 2 nitrogen and oxygen atoms in total. The molecule has 0 spiro atoms. The summed E-state index contributed by atoms with van der Waals surface area (Å²) in [5, 5.41) is 9.13. The van der Waals surface area contributed by atoms with Crippen molar-refractivity contribution in [3.8, 4) is 0 Å². The first-order valence-electron chi connectivity index (χ1n) is 3.50. The maximum Gasteiger partial charge on any atom is 0.110 e. The summed E-state index contributed by atoms with van der Waals surface area (Å²) in [6.45, 7) is 0. The number of hydrogen-bond acceptors (Lipinski definition) is 2. The average Bonchev–Trinajstić information content (AvgIpc) is 2.04. The van der Waals surface area contributed by atoms with E-state index in [1.807, 2.05) is 23.7 Å². The van der Waals surface area contributed by atoms with E-state index in [1.165, 1.54) is 0 Å². The van der Waals surface area contributed by atoms with E-state index in [9.17, 15) is 0 Å². The van der Waals surface area contributed by atoms with Gasteiger partial charge in [-0.05, 0) is 17.7 Å². The highest BCUT2D eigenvalue weighted by molar-refractivity contribution is 6.30. The summed E-state index contributed by atoms with van der Waals surface area (Å²) in [5.41, 5.74) is 2.48. The van der Waals surface area contributed by atoms with Crippen LogP contribution in [0.3, 0.4) is 0 Å². The van der Waals surface area contributed by atoms with E-state index in [1.54, 1.807) is 6.07 Å². The Bertz CT molecular complexity index is 255. The number of nitrogens with one attached hydrogen (secondary N) is 1.